The third kappa shape index (κ3) is 5.98. The molecule has 1 N–H and O–H groups in total. The third-order valence-corrected chi connectivity index (χ3v) is 4.09. The number of amides is 1. The number of hydrogen-bond donors (Lipinski definition) is 1. The summed E-state index contributed by atoms with van der Waals surface area (Å²) < 4.78 is 0. The van der Waals surface area contributed by atoms with Crippen LogP contribution in [0.2, 0.25) is 10.0 Å². The molecule has 0 bridgehead atoms. The fourth-order valence-electron chi connectivity index (χ4n) is 1.38. The van der Waals surface area contributed by atoms with Gasteiger partial charge in [0.1, 0.15) is 0 Å². The lowest BCUT2D eigenvalue weighted by Gasteiger charge is -2.06. The second kappa shape index (κ2) is 8.68. The Morgan fingerprint density at radius 2 is 2.11 bits per heavy atom. The van der Waals surface area contributed by atoms with Crippen LogP contribution in [0.5, 0.6) is 0 Å². The van der Waals surface area contributed by atoms with Crippen LogP contribution in [0.15, 0.2) is 23.1 Å². The van der Waals surface area contributed by atoms with E-state index in [2.05, 4.69) is 12.2 Å². The van der Waals surface area contributed by atoms with Gasteiger partial charge in [0.15, 0.2) is 0 Å². The lowest BCUT2D eigenvalue weighted by atomic mass is 10.2. The molecule has 0 saturated heterocycles. The molecule has 5 heteroatoms. The highest BCUT2D eigenvalue weighted by Gasteiger charge is 2.06. The van der Waals surface area contributed by atoms with Crippen molar-refractivity contribution in [1.29, 1.82) is 0 Å². The van der Waals surface area contributed by atoms with Crippen molar-refractivity contribution < 1.29 is 4.79 Å². The van der Waals surface area contributed by atoms with E-state index >= 15 is 0 Å². The number of thioether (sulfide) groups is 1. The number of halogens is 2. The van der Waals surface area contributed by atoms with E-state index < -0.39 is 0 Å². The first-order chi connectivity index (χ1) is 8.63. The van der Waals surface area contributed by atoms with Gasteiger partial charge in [-0.2, -0.15) is 0 Å². The molecule has 1 amide bonds. The highest BCUT2D eigenvalue weighted by Crippen LogP contribution is 2.29. The van der Waals surface area contributed by atoms with Crippen LogP contribution in [0.1, 0.15) is 26.2 Å². The van der Waals surface area contributed by atoms with Gasteiger partial charge in [-0.25, -0.2) is 0 Å². The molecule has 0 aliphatic rings. The summed E-state index contributed by atoms with van der Waals surface area (Å²) in [6, 6.07) is 5.25. The Bertz CT molecular complexity index is 399. The molecular formula is C13H17Cl2NOS. The summed E-state index contributed by atoms with van der Waals surface area (Å²) in [4.78, 5) is 12.4. The molecule has 2 nitrogen and oxygen atoms in total. The lowest BCUT2D eigenvalue weighted by molar-refractivity contribution is -0.118. The molecule has 1 aromatic carbocycles. The number of benzene rings is 1. The topological polar surface area (TPSA) is 29.1 Å². The predicted molar refractivity (Wildman–Crippen MR) is 79.7 cm³/mol. The Kier molecular flexibility index (Phi) is 7.56. The Morgan fingerprint density at radius 3 is 2.83 bits per heavy atom. The zero-order chi connectivity index (χ0) is 13.4. The summed E-state index contributed by atoms with van der Waals surface area (Å²) in [6.07, 6.45) is 3.33. The monoisotopic (exact) mass is 305 g/mol. The summed E-state index contributed by atoms with van der Waals surface area (Å²) in [5.74, 6) is 0.402. The van der Waals surface area contributed by atoms with Crippen molar-refractivity contribution in [3.63, 3.8) is 0 Å². The minimum absolute atomic E-state index is 0.0344. The lowest BCUT2D eigenvalue weighted by Crippen LogP contribution is -2.26. The van der Waals surface area contributed by atoms with E-state index in [9.17, 15) is 4.79 Å². The van der Waals surface area contributed by atoms with Crippen molar-refractivity contribution in [1.82, 2.24) is 5.32 Å². The van der Waals surface area contributed by atoms with Gasteiger partial charge in [0.25, 0.3) is 0 Å². The molecule has 0 aliphatic heterocycles. The van der Waals surface area contributed by atoms with E-state index in [1.54, 1.807) is 18.2 Å². The number of hydrogen-bond acceptors (Lipinski definition) is 2. The first-order valence-corrected chi connectivity index (χ1v) is 7.72. The van der Waals surface area contributed by atoms with Crippen molar-refractivity contribution in [2.24, 2.45) is 0 Å². The van der Waals surface area contributed by atoms with Crippen molar-refractivity contribution in [3.8, 4) is 0 Å². The first kappa shape index (κ1) is 15.7. The SMILES string of the molecule is CCCCCNC(=O)CSc1cc(Cl)ccc1Cl. The van der Waals surface area contributed by atoms with Gasteiger partial charge in [0, 0.05) is 16.5 Å². The van der Waals surface area contributed by atoms with Crippen LogP contribution >= 0.6 is 35.0 Å². The summed E-state index contributed by atoms with van der Waals surface area (Å²) in [5, 5.41) is 4.14. The summed E-state index contributed by atoms with van der Waals surface area (Å²) in [7, 11) is 0. The zero-order valence-corrected chi connectivity index (χ0v) is 12.7. The molecule has 1 aromatic rings. The summed E-state index contributed by atoms with van der Waals surface area (Å²) in [6.45, 7) is 2.88. The van der Waals surface area contributed by atoms with E-state index in [-0.39, 0.29) is 5.91 Å². The summed E-state index contributed by atoms with van der Waals surface area (Å²) in [5.41, 5.74) is 0. The van der Waals surface area contributed by atoms with Crippen molar-refractivity contribution in [3.05, 3.63) is 28.2 Å². The van der Waals surface area contributed by atoms with Crippen molar-refractivity contribution in [2.45, 2.75) is 31.1 Å². The average molecular weight is 306 g/mol. The van der Waals surface area contributed by atoms with Gasteiger partial charge < -0.3 is 5.32 Å². The van der Waals surface area contributed by atoms with Crippen LogP contribution in [-0.2, 0) is 4.79 Å². The normalized spacial score (nSPS) is 10.4. The maximum atomic E-state index is 11.6. The van der Waals surface area contributed by atoms with E-state index in [0.29, 0.717) is 15.8 Å². The van der Waals surface area contributed by atoms with Crippen LogP contribution < -0.4 is 5.32 Å². The van der Waals surface area contributed by atoms with Crippen molar-refractivity contribution >= 4 is 40.9 Å². The van der Waals surface area contributed by atoms with Gasteiger partial charge in [0.05, 0.1) is 10.8 Å². The van der Waals surface area contributed by atoms with Crippen LogP contribution in [0.25, 0.3) is 0 Å². The quantitative estimate of drug-likeness (QED) is 0.598. The zero-order valence-electron chi connectivity index (χ0n) is 10.3. The van der Waals surface area contributed by atoms with Gasteiger partial charge in [-0.3, -0.25) is 4.79 Å². The highest BCUT2D eigenvalue weighted by molar-refractivity contribution is 8.00. The molecule has 0 aliphatic carbocycles. The molecule has 0 heterocycles. The number of rotatable bonds is 7. The van der Waals surface area contributed by atoms with Crippen LogP contribution in [0.3, 0.4) is 0 Å². The molecule has 0 spiro atoms. The van der Waals surface area contributed by atoms with E-state index in [1.165, 1.54) is 11.8 Å². The van der Waals surface area contributed by atoms with E-state index in [1.807, 2.05) is 0 Å². The van der Waals surface area contributed by atoms with Crippen LogP contribution in [-0.4, -0.2) is 18.2 Å². The Balaban J connectivity index is 2.31. The van der Waals surface area contributed by atoms with Gasteiger partial charge in [-0.15, -0.1) is 11.8 Å². The Morgan fingerprint density at radius 1 is 1.33 bits per heavy atom. The van der Waals surface area contributed by atoms with Gasteiger partial charge in [-0.05, 0) is 24.6 Å². The average Bonchev–Trinajstić information content (AvgIpc) is 2.36. The molecule has 0 atom stereocenters. The molecule has 0 unspecified atom stereocenters. The fraction of sp³-hybridized carbons (Fsp3) is 0.462. The fourth-order valence-corrected chi connectivity index (χ4v) is 2.71. The molecule has 1 rings (SSSR count). The predicted octanol–water partition coefficient (Wildman–Crippen LogP) is 4.39. The largest absolute Gasteiger partial charge is 0.355 e. The molecule has 18 heavy (non-hydrogen) atoms. The van der Waals surface area contributed by atoms with Gasteiger partial charge in [-0.1, -0.05) is 43.0 Å². The number of nitrogens with one attached hydrogen (secondary N) is 1. The number of unbranched alkanes of at least 4 members (excludes halogenated alkanes) is 2. The maximum Gasteiger partial charge on any atom is 0.230 e. The van der Waals surface area contributed by atoms with Crippen LogP contribution in [0, 0.1) is 0 Å². The molecule has 0 fully saturated rings. The van der Waals surface area contributed by atoms with Crippen LogP contribution in [0.4, 0.5) is 0 Å². The highest BCUT2D eigenvalue weighted by atomic mass is 35.5. The number of carbonyl (C=O) groups excluding carboxylic acids is 1. The Hall–Kier alpha value is -0.380. The van der Waals surface area contributed by atoms with Crippen molar-refractivity contribution in [2.75, 3.05) is 12.3 Å². The minimum Gasteiger partial charge on any atom is -0.355 e. The molecule has 0 saturated carbocycles. The number of carbonyl (C=O) groups is 1. The third-order valence-electron chi connectivity index (χ3n) is 2.35. The Labute approximate surface area is 122 Å². The molecular weight excluding hydrogens is 289 g/mol. The standard InChI is InChI=1S/C13H17Cl2NOS/c1-2-3-4-7-16-13(17)9-18-12-8-10(14)5-6-11(12)15/h5-6,8H,2-4,7,9H2,1H3,(H,16,17). The van der Waals surface area contributed by atoms with E-state index in [0.717, 1.165) is 30.7 Å². The second-order valence-corrected chi connectivity index (χ2v) is 5.78. The maximum absolute atomic E-state index is 11.6. The minimum atomic E-state index is 0.0344. The summed E-state index contributed by atoms with van der Waals surface area (Å²) >= 11 is 13.3. The second-order valence-electron chi connectivity index (χ2n) is 3.92. The van der Waals surface area contributed by atoms with Gasteiger partial charge in [0.2, 0.25) is 5.91 Å². The molecule has 0 aromatic heterocycles. The first-order valence-electron chi connectivity index (χ1n) is 5.98. The van der Waals surface area contributed by atoms with E-state index in [4.69, 9.17) is 23.2 Å². The van der Waals surface area contributed by atoms with Gasteiger partial charge >= 0.3 is 0 Å². The smallest absolute Gasteiger partial charge is 0.230 e. The molecule has 100 valence electrons. The molecule has 0 radical (unpaired) electrons.